The van der Waals surface area contributed by atoms with Gasteiger partial charge in [0.2, 0.25) is 0 Å². The van der Waals surface area contributed by atoms with Gasteiger partial charge in [-0.25, -0.2) is 4.39 Å². The van der Waals surface area contributed by atoms with Gasteiger partial charge in [-0.3, -0.25) is 9.59 Å². The second kappa shape index (κ2) is 8.81. The molecule has 2 unspecified atom stereocenters. The van der Waals surface area contributed by atoms with E-state index in [1.54, 1.807) is 24.3 Å². The molecule has 0 saturated carbocycles. The second-order valence-corrected chi connectivity index (χ2v) is 6.57. The number of aliphatic hydroxyl groups excluding tert-OH is 1. The average Bonchev–Trinajstić information content (AvgIpc) is 3.11. The van der Waals surface area contributed by atoms with Crippen LogP contribution in [0.25, 0.3) is 0 Å². The molecule has 4 N–H and O–H groups in total. The van der Waals surface area contributed by atoms with E-state index in [0.717, 1.165) is 12.1 Å². The van der Waals surface area contributed by atoms with E-state index in [1.807, 2.05) is 0 Å². The maximum Gasteiger partial charge on any atom is 0.255 e. The Morgan fingerprint density at radius 2 is 1.93 bits per heavy atom. The average molecular weight is 387 g/mol. The van der Waals surface area contributed by atoms with Gasteiger partial charge in [0.1, 0.15) is 11.6 Å². The Morgan fingerprint density at radius 3 is 2.57 bits per heavy atom. The summed E-state index contributed by atoms with van der Waals surface area (Å²) < 4.78 is 18.8. The molecule has 1 heterocycles. The minimum Gasteiger partial charge on any atom is -0.497 e. The van der Waals surface area contributed by atoms with Gasteiger partial charge in [-0.2, -0.15) is 0 Å². The number of amides is 2. The van der Waals surface area contributed by atoms with Crippen LogP contribution in [0.4, 0.5) is 10.1 Å². The molecule has 8 heteroatoms. The van der Waals surface area contributed by atoms with E-state index >= 15 is 0 Å². The first kappa shape index (κ1) is 19.8. The number of methoxy groups -OCH3 is 1. The van der Waals surface area contributed by atoms with Crippen molar-refractivity contribution in [3.63, 3.8) is 0 Å². The van der Waals surface area contributed by atoms with E-state index in [0.29, 0.717) is 24.4 Å². The predicted molar refractivity (Wildman–Crippen MR) is 102 cm³/mol. The highest BCUT2D eigenvalue weighted by Crippen LogP contribution is 2.20. The van der Waals surface area contributed by atoms with Crippen molar-refractivity contribution < 1.29 is 23.8 Å². The summed E-state index contributed by atoms with van der Waals surface area (Å²) in [5.74, 6) is -0.994. The quantitative estimate of drug-likeness (QED) is 0.600. The molecule has 1 aliphatic rings. The second-order valence-electron chi connectivity index (χ2n) is 6.57. The Morgan fingerprint density at radius 1 is 1.18 bits per heavy atom. The fourth-order valence-electron chi connectivity index (χ4n) is 3.00. The molecule has 7 nitrogen and oxygen atoms in total. The molecule has 0 spiro atoms. The fraction of sp³-hybridized carbons (Fsp3) is 0.300. The summed E-state index contributed by atoms with van der Waals surface area (Å²) in [6, 6.07) is 9.98. The van der Waals surface area contributed by atoms with Crippen molar-refractivity contribution in [2.45, 2.75) is 6.10 Å². The molecular weight excluding hydrogens is 365 g/mol. The third kappa shape index (κ3) is 4.65. The molecule has 2 aromatic carbocycles. The maximum absolute atomic E-state index is 13.7. The fourth-order valence-corrected chi connectivity index (χ4v) is 3.00. The smallest absolute Gasteiger partial charge is 0.255 e. The number of carbonyl (C=O) groups is 2. The highest BCUT2D eigenvalue weighted by atomic mass is 19.1. The van der Waals surface area contributed by atoms with Crippen LogP contribution in [0, 0.1) is 11.7 Å². The van der Waals surface area contributed by atoms with Crippen molar-refractivity contribution in [3.8, 4) is 5.75 Å². The molecular formula is C20H22FN3O4. The van der Waals surface area contributed by atoms with Crippen molar-refractivity contribution >= 4 is 17.5 Å². The third-order valence-electron chi connectivity index (χ3n) is 4.66. The van der Waals surface area contributed by atoms with Crippen LogP contribution < -0.4 is 20.7 Å². The van der Waals surface area contributed by atoms with Crippen molar-refractivity contribution in [2.24, 2.45) is 5.92 Å². The minimum absolute atomic E-state index is 0.0726. The number of aliphatic hydroxyl groups is 1. The SMILES string of the molecule is COc1ccc(C(=O)Nc2cc(F)ccc2C(=O)NCC2CNCC2O)cc1. The zero-order chi connectivity index (χ0) is 20.1. The Balaban J connectivity index is 1.72. The summed E-state index contributed by atoms with van der Waals surface area (Å²) in [6.07, 6.45) is -0.525. The normalized spacial score (nSPS) is 18.5. The number of β-amino-alcohol motifs (C(OH)–C–C–N with tert-alkyl or cyclic N) is 1. The van der Waals surface area contributed by atoms with E-state index in [-0.39, 0.29) is 23.7 Å². The van der Waals surface area contributed by atoms with E-state index < -0.39 is 23.7 Å². The number of carbonyl (C=O) groups excluding carboxylic acids is 2. The first-order chi connectivity index (χ1) is 13.5. The third-order valence-corrected chi connectivity index (χ3v) is 4.66. The number of benzene rings is 2. The molecule has 2 atom stereocenters. The molecule has 0 aromatic heterocycles. The topological polar surface area (TPSA) is 99.7 Å². The standard InChI is InChI=1S/C20H22FN3O4/c1-28-15-5-2-12(3-6-15)19(26)24-17-8-14(21)4-7-16(17)20(27)23-10-13-9-22-11-18(13)25/h2-8,13,18,22,25H,9-11H2,1H3,(H,23,27)(H,24,26). The van der Waals surface area contributed by atoms with Gasteiger partial charge in [0.05, 0.1) is 24.5 Å². The van der Waals surface area contributed by atoms with Crippen LogP contribution in [0.2, 0.25) is 0 Å². The number of ether oxygens (including phenoxy) is 1. The lowest BCUT2D eigenvalue weighted by atomic mass is 10.1. The van der Waals surface area contributed by atoms with Gasteiger partial charge in [0, 0.05) is 31.1 Å². The van der Waals surface area contributed by atoms with Crippen LogP contribution in [0.3, 0.4) is 0 Å². The van der Waals surface area contributed by atoms with Gasteiger partial charge < -0.3 is 25.8 Å². The summed E-state index contributed by atoms with van der Waals surface area (Å²) in [7, 11) is 1.52. The lowest BCUT2D eigenvalue weighted by Gasteiger charge is -2.16. The molecule has 28 heavy (non-hydrogen) atoms. The lowest BCUT2D eigenvalue weighted by molar-refractivity contribution is 0.0928. The van der Waals surface area contributed by atoms with Crippen LogP contribution in [-0.2, 0) is 0 Å². The van der Waals surface area contributed by atoms with Crippen LogP contribution in [0.15, 0.2) is 42.5 Å². The van der Waals surface area contributed by atoms with E-state index in [9.17, 15) is 19.1 Å². The molecule has 0 bridgehead atoms. The summed E-state index contributed by atoms with van der Waals surface area (Å²) in [6.45, 7) is 1.36. The summed E-state index contributed by atoms with van der Waals surface area (Å²) >= 11 is 0. The zero-order valence-corrected chi connectivity index (χ0v) is 15.4. The minimum atomic E-state index is -0.572. The lowest BCUT2D eigenvalue weighted by Crippen LogP contribution is -2.34. The summed E-state index contributed by atoms with van der Waals surface area (Å²) in [5.41, 5.74) is 0.559. The van der Waals surface area contributed by atoms with Gasteiger partial charge >= 0.3 is 0 Å². The molecule has 2 aromatic rings. The monoisotopic (exact) mass is 387 g/mol. The van der Waals surface area contributed by atoms with E-state index in [4.69, 9.17) is 4.74 Å². The molecule has 3 rings (SSSR count). The first-order valence-electron chi connectivity index (χ1n) is 8.90. The number of anilines is 1. The van der Waals surface area contributed by atoms with Gasteiger partial charge in [-0.1, -0.05) is 0 Å². The van der Waals surface area contributed by atoms with Crippen LogP contribution in [0.5, 0.6) is 5.75 Å². The van der Waals surface area contributed by atoms with Crippen molar-refractivity contribution in [3.05, 3.63) is 59.4 Å². The molecule has 148 valence electrons. The molecule has 0 radical (unpaired) electrons. The maximum atomic E-state index is 13.7. The number of halogens is 1. The van der Waals surface area contributed by atoms with Gasteiger partial charge in [-0.05, 0) is 42.5 Å². The molecule has 1 aliphatic heterocycles. The summed E-state index contributed by atoms with van der Waals surface area (Å²) in [5, 5.41) is 18.2. The Bertz CT molecular complexity index is 857. The van der Waals surface area contributed by atoms with Crippen molar-refractivity contribution in [1.29, 1.82) is 0 Å². The highest BCUT2D eigenvalue weighted by molar-refractivity contribution is 6.09. The number of rotatable bonds is 6. The van der Waals surface area contributed by atoms with Crippen molar-refractivity contribution in [2.75, 3.05) is 32.1 Å². The van der Waals surface area contributed by atoms with Crippen LogP contribution in [0.1, 0.15) is 20.7 Å². The van der Waals surface area contributed by atoms with Gasteiger partial charge in [0.25, 0.3) is 11.8 Å². The Kier molecular flexibility index (Phi) is 6.23. The number of hydrogen-bond acceptors (Lipinski definition) is 5. The van der Waals surface area contributed by atoms with Crippen molar-refractivity contribution in [1.82, 2.24) is 10.6 Å². The molecule has 2 amide bonds. The van der Waals surface area contributed by atoms with Crippen LogP contribution in [-0.4, -0.2) is 49.8 Å². The first-order valence-corrected chi connectivity index (χ1v) is 8.90. The predicted octanol–water partition coefficient (Wildman–Crippen LogP) is 1.40. The van der Waals surface area contributed by atoms with Gasteiger partial charge in [0.15, 0.2) is 0 Å². The number of hydrogen-bond donors (Lipinski definition) is 4. The Hall–Kier alpha value is -2.97. The largest absolute Gasteiger partial charge is 0.497 e. The van der Waals surface area contributed by atoms with Crippen LogP contribution >= 0.6 is 0 Å². The highest BCUT2D eigenvalue weighted by Gasteiger charge is 2.25. The summed E-state index contributed by atoms with van der Waals surface area (Å²) in [4.78, 5) is 25.0. The molecule has 1 saturated heterocycles. The molecule has 1 fully saturated rings. The van der Waals surface area contributed by atoms with E-state index in [1.165, 1.54) is 13.2 Å². The zero-order valence-electron chi connectivity index (χ0n) is 15.4. The number of nitrogens with one attached hydrogen (secondary N) is 3. The van der Waals surface area contributed by atoms with E-state index in [2.05, 4.69) is 16.0 Å². The van der Waals surface area contributed by atoms with Gasteiger partial charge in [-0.15, -0.1) is 0 Å². The molecule has 0 aliphatic carbocycles. The Labute approximate surface area is 161 Å².